The van der Waals surface area contributed by atoms with Gasteiger partial charge in [0, 0.05) is 6.04 Å². The summed E-state index contributed by atoms with van der Waals surface area (Å²) in [5.41, 5.74) is 1.42. The van der Waals surface area contributed by atoms with Crippen LogP contribution in [0.2, 0.25) is 0 Å². The van der Waals surface area contributed by atoms with E-state index in [0.29, 0.717) is 6.04 Å². The van der Waals surface area contributed by atoms with Gasteiger partial charge in [-0.15, -0.1) is 0 Å². The van der Waals surface area contributed by atoms with Crippen LogP contribution in [0.25, 0.3) is 11.2 Å². The summed E-state index contributed by atoms with van der Waals surface area (Å²) in [6.07, 6.45) is 7.67. The fraction of sp³-hybridized carbons (Fsp3) is 0.583. The first-order chi connectivity index (χ1) is 8.25. The predicted octanol–water partition coefficient (Wildman–Crippen LogP) is 1.87. The zero-order chi connectivity index (χ0) is 11.8. The summed E-state index contributed by atoms with van der Waals surface area (Å²) in [4.78, 5) is 22.9. The third-order valence-corrected chi connectivity index (χ3v) is 3.73. The van der Waals surface area contributed by atoms with Crippen LogP contribution < -0.4 is 5.69 Å². The van der Waals surface area contributed by atoms with E-state index >= 15 is 0 Å². The Hall–Kier alpha value is -1.65. The maximum absolute atomic E-state index is 12.0. The van der Waals surface area contributed by atoms with E-state index in [2.05, 4.69) is 21.9 Å². The fourth-order valence-corrected chi connectivity index (χ4v) is 2.71. The van der Waals surface area contributed by atoms with Gasteiger partial charge in [-0.25, -0.2) is 14.8 Å². The van der Waals surface area contributed by atoms with Crippen LogP contribution in [0, 0.1) is 5.92 Å². The third kappa shape index (κ3) is 1.75. The predicted molar refractivity (Wildman–Crippen MR) is 64.8 cm³/mol. The number of aromatic nitrogens is 4. The van der Waals surface area contributed by atoms with E-state index in [1.54, 1.807) is 6.20 Å². The maximum atomic E-state index is 12.0. The maximum Gasteiger partial charge on any atom is 0.327 e. The van der Waals surface area contributed by atoms with Crippen LogP contribution in [-0.4, -0.2) is 19.5 Å². The zero-order valence-corrected chi connectivity index (χ0v) is 9.89. The monoisotopic (exact) mass is 232 g/mol. The van der Waals surface area contributed by atoms with Gasteiger partial charge in [0.2, 0.25) is 0 Å². The number of aromatic amines is 1. The van der Waals surface area contributed by atoms with Crippen molar-refractivity contribution < 1.29 is 0 Å². The molecule has 0 radical (unpaired) electrons. The molecular formula is C12H16N4O. The largest absolute Gasteiger partial charge is 0.327 e. The van der Waals surface area contributed by atoms with Crippen molar-refractivity contribution in [3.05, 3.63) is 23.0 Å². The summed E-state index contributed by atoms with van der Waals surface area (Å²) in [6, 6.07) is 0.294. The molecular weight excluding hydrogens is 216 g/mol. The van der Waals surface area contributed by atoms with Gasteiger partial charge in [-0.3, -0.25) is 4.57 Å². The first-order valence-electron chi connectivity index (χ1n) is 6.16. The second-order valence-corrected chi connectivity index (χ2v) is 4.97. The molecule has 1 aliphatic rings. The lowest BCUT2D eigenvalue weighted by Gasteiger charge is -2.26. The zero-order valence-electron chi connectivity index (χ0n) is 9.89. The molecule has 1 N–H and O–H groups in total. The number of hydrogen-bond donors (Lipinski definition) is 1. The fourth-order valence-electron chi connectivity index (χ4n) is 2.71. The molecule has 1 aliphatic carbocycles. The summed E-state index contributed by atoms with van der Waals surface area (Å²) in [6.45, 7) is 2.27. The van der Waals surface area contributed by atoms with Crippen LogP contribution in [0.15, 0.2) is 17.3 Å². The number of fused-ring (bicyclic) bond motifs is 1. The molecule has 2 aromatic rings. The second-order valence-electron chi connectivity index (χ2n) is 4.97. The molecule has 2 heterocycles. The number of nitrogens with zero attached hydrogens (tertiary/aromatic N) is 3. The van der Waals surface area contributed by atoms with Gasteiger partial charge in [0.05, 0.1) is 6.20 Å². The molecule has 5 nitrogen and oxygen atoms in total. The highest BCUT2D eigenvalue weighted by molar-refractivity contribution is 5.68. The number of rotatable bonds is 1. The van der Waals surface area contributed by atoms with Crippen molar-refractivity contribution in [3.63, 3.8) is 0 Å². The standard InChI is InChI=1S/C12H16N4O/c1-8-2-4-9(5-3-8)16-11-10(15-12(16)17)6-13-7-14-11/h6-9H,2-5H2,1H3,(H,15,17)/t8-,9-. The van der Waals surface area contributed by atoms with Crippen molar-refractivity contribution in [2.75, 3.05) is 0 Å². The highest BCUT2D eigenvalue weighted by atomic mass is 16.1. The Kier molecular flexibility index (Phi) is 2.46. The minimum atomic E-state index is -0.0555. The van der Waals surface area contributed by atoms with Gasteiger partial charge in [0.1, 0.15) is 11.8 Å². The van der Waals surface area contributed by atoms with Crippen LogP contribution >= 0.6 is 0 Å². The van der Waals surface area contributed by atoms with Gasteiger partial charge in [0.15, 0.2) is 5.65 Å². The van der Waals surface area contributed by atoms with Crippen LogP contribution in [0.5, 0.6) is 0 Å². The lowest BCUT2D eigenvalue weighted by molar-refractivity contribution is 0.289. The number of hydrogen-bond acceptors (Lipinski definition) is 3. The molecule has 0 spiro atoms. The van der Waals surface area contributed by atoms with Gasteiger partial charge in [-0.2, -0.15) is 0 Å². The quantitative estimate of drug-likeness (QED) is 0.816. The normalized spacial score (nSPS) is 25.2. The van der Waals surface area contributed by atoms with Crippen LogP contribution in [0.1, 0.15) is 38.6 Å². The molecule has 90 valence electrons. The summed E-state index contributed by atoms with van der Waals surface area (Å²) in [5, 5.41) is 0. The number of imidazole rings is 1. The SMILES string of the molecule is C[C@H]1CC[C@H](n2c(=O)[nH]c3cncnc32)CC1. The van der Waals surface area contributed by atoms with E-state index in [4.69, 9.17) is 0 Å². The van der Waals surface area contributed by atoms with Gasteiger partial charge in [0.25, 0.3) is 0 Å². The minimum Gasteiger partial charge on any atom is -0.303 e. The summed E-state index contributed by atoms with van der Waals surface area (Å²) < 4.78 is 1.81. The van der Waals surface area contributed by atoms with Crippen molar-refractivity contribution in [3.8, 4) is 0 Å². The van der Waals surface area contributed by atoms with E-state index in [1.165, 1.54) is 19.2 Å². The Labute approximate surface area is 98.9 Å². The van der Waals surface area contributed by atoms with Gasteiger partial charge in [-0.1, -0.05) is 6.92 Å². The topological polar surface area (TPSA) is 63.6 Å². The summed E-state index contributed by atoms with van der Waals surface area (Å²) >= 11 is 0. The summed E-state index contributed by atoms with van der Waals surface area (Å²) in [5.74, 6) is 0.779. The van der Waals surface area contributed by atoms with Crippen molar-refractivity contribution in [2.24, 2.45) is 5.92 Å². The van der Waals surface area contributed by atoms with Crippen LogP contribution in [0.4, 0.5) is 0 Å². The molecule has 1 saturated carbocycles. The lowest BCUT2D eigenvalue weighted by atomic mass is 9.87. The Bertz CT molecular complexity index is 577. The van der Waals surface area contributed by atoms with Crippen LogP contribution in [-0.2, 0) is 0 Å². The lowest BCUT2D eigenvalue weighted by Crippen LogP contribution is -2.25. The molecule has 0 aliphatic heterocycles. The van der Waals surface area contributed by atoms with Crippen LogP contribution in [0.3, 0.4) is 0 Å². The van der Waals surface area contributed by atoms with E-state index in [1.807, 2.05) is 4.57 Å². The van der Waals surface area contributed by atoms with E-state index in [-0.39, 0.29) is 5.69 Å². The molecule has 0 saturated heterocycles. The van der Waals surface area contributed by atoms with Gasteiger partial charge >= 0.3 is 5.69 Å². The Balaban J connectivity index is 2.05. The van der Waals surface area contributed by atoms with Crippen molar-refractivity contribution >= 4 is 11.2 Å². The molecule has 1 fully saturated rings. The van der Waals surface area contributed by atoms with Gasteiger partial charge in [-0.05, 0) is 31.6 Å². The number of H-pyrrole nitrogens is 1. The van der Waals surface area contributed by atoms with Crippen molar-refractivity contribution in [2.45, 2.75) is 38.6 Å². The molecule has 5 heteroatoms. The first kappa shape index (κ1) is 10.5. The molecule has 0 atom stereocenters. The molecule has 0 unspecified atom stereocenters. The minimum absolute atomic E-state index is 0.0555. The average Bonchev–Trinajstić information content (AvgIpc) is 2.66. The Morgan fingerprint density at radius 3 is 2.88 bits per heavy atom. The number of nitrogens with one attached hydrogen (secondary N) is 1. The van der Waals surface area contributed by atoms with Crippen molar-refractivity contribution in [1.29, 1.82) is 0 Å². The van der Waals surface area contributed by atoms with Crippen molar-refractivity contribution in [1.82, 2.24) is 19.5 Å². The second kappa shape index (κ2) is 3.98. The van der Waals surface area contributed by atoms with E-state index in [0.717, 1.165) is 29.9 Å². The molecule has 0 bridgehead atoms. The molecule has 3 rings (SSSR count). The molecule has 0 aromatic carbocycles. The highest BCUT2D eigenvalue weighted by Gasteiger charge is 2.23. The average molecular weight is 232 g/mol. The molecule has 0 amide bonds. The highest BCUT2D eigenvalue weighted by Crippen LogP contribution is 2.31. The smallest absolute Gasteiger partial charge is 0.303 e. The van der Waals surface area contributed by atoms with Gasteiger partial charge < -0.3 is 4.98 Å². The third-order valence-electron chi connectivity index (χ3n) is 3.73. The Morgan fingerprint density at radius 2 is 2.12 bits per heavy atom. The molecule has 2 aromatic heterocycles. The molecule has 17 heavy (non-hydrogen) atoms. The Morgan fingerprint density at radius 1 is 1.35 bits per heavy atom. The summed E-state index contributed by atoms with van der Waals surface area (Å²) in [7, 11) is 0. The first-order valence-corrected chi connectivity index (χ1v) is 6.16. The van der Waals surface area contributed by atoms with E-state index in [9.17, 15) is 4.79 Å². The van der Waals surface area contributed by atoms with E-state index < -0.39 is 0 Å².